The minimum Gasteiger partial charge on any atom is -0.310 e. The molecule has 0 saturated heterocycles. The van der Waals surface area contributed by atoms with Crippen LogP contribution in [0, 0.1) is 0 Å². The van der Waals surface area contributed by atoms with Gasteiger partial charge in [-0.15, -0.1) is 11.3 Å². The third-order valence-electron chi connectivity index (χ3n) is 15.2. The summed E-state index contributed by atoms with van der Waals surface area (Å²) in [5, 5.41) is 3.77. The van der Waals surface area contributed by atoms with Crippen LogP contribution in [0.3, 0.4) is 0 Å². The topological polar surface area (TPSA) is 3.24 Å². The summed E-state index contributed by atoms with van der Waals surface area (Å²) >= 11 is 1.87. The normalized spacial score (nSPS) is 13.7. The first-order valence-corrected chi connectivity index (χ1v) is 25.1. The van der Waals surface area contributed by atoms with E-state index in [0.29, 0.717) is 0 Å². The molecule has 0 fully saturated rings. The Morgan fingerprint density at radius 3 is 1.36 bits per heavy atom. The van der Waals surface area contributed by atoms with Crippen molar-refractivity contribution in [1.82, 2.24) is 0 Å². The van der Waals surface area contributed by atoms with Crippen LogP contribution in [0.4, 0.5) is 17.1 Å². The molecule has 0 aliphatic heterocycles. The molecule has 0 unspecified atom stereocenters. The molecule has 328 valence electrons. The van der Waals surface area contributed by atoms with E-state index in [0.717, 1.165) is 17.1 Å². The number of benzene rings is 11. The van der Waals surface area contributed by atoms with Crippen molar-refractivity contribution < 1.29 is 0 Å². The van der Waals surface area contributed by atoms with E-state index in [1.54, 1.807) is 0 Å². The molecule has 1 nitrogen and oxygen atoms in total. The molecule has 2 heteroatoms. The zero-order valence-corrected chi connectivity index (χ0v) is 39.2. The summed E-state index contributed by atoms with van der Waals surface area (Å²) in [6.07, 6.45) is 0. The molecule has 0 saturated carbocycles. The van der Waals surface area contributed by atoms with Crippen LogP contribution in [0.1, 0.15) is 44.5 Å². The Morgan fingerprint density at radius 2 is 0.714 bits per heavy atom. The summed E-state index contributed by atoms with van der Waals surface area (Å²) in [4.78, 5) is 3.78. The standard InChI is InChI=1S/C68H45NS/c1-5-22-48(23-6-1)67(49-24-7-2-8-25-49)62-35-18-16-32-57(62)60-43-52(39-41-63(60)67)69(54-37-36-47-42-66(70-65(47)45-54)59-33-19-21-46-20-13-14-30-55(46)59)53-38-40-58-56-31-15-17-34-61(56)68(64(58)44-53,50-26-9-3-10-27-50)51-28-11-4-12-29-51/h1-45H. The van der Waals surface area contributed by atoms with Gasteiger partial charge in [0.1, 0.15) is 0 Å². The second kappa shape index (κ2) is 16.0. The highest BCUT2D eigenvalue weighted by Crippen LogP contribution is 2.59. The van der Waals surface area contributed by atoms with Crippen LogP contribution >= 0.6 is 11.3 Å². The minimum absolute atomic E-state index is 0.490. The Balaban J connectivity index is 1.02. The van der Waals surface area contributed by atoms with Gasteiger partial charge in [0, 0.05) is 26.6 Å². The summed E-state index contributed by atoms with van der Waals surface area (Å²) in [5.74, 6) is 0. The number of fused-ring (bicyclic) bond motifs is 8. The zero-order valence-electron chi connectivity index (χ0n) is 38.3. The highest BCUT2D eigenvalue weighted by atomic mass is 32.1. The van der Waals surface area contributed by atoms with Crippen molar-refractivity contribution in [1.29, 1.82) is 0 Å². The number of hydrogen-bond donors (Lipinski definition) is 0. The molecule has 0 spiro atoms. The van der Waals surface area contributed by atoms with Gasteiger partial charge >= 0.3 is 0 Å². The van der Waals surface area contributed by atoms with Crippen molar-refractivity contribution in [3.05, 3.63) is 317 Å². The fourth-order valence-electron chi connectivity index (χ4n) is 12.3. The molecule has 0 atom stereocenters. The van der Waals surface area contributed by atoms with Crippen LogP contribution < -0.4 is 4.90 Å². The molecule has 2 aliphatic carbocycles. The van der Waals surface area contributed by atoms with Crippen LogP contribution in [0.2, 0.25) is 0 Å². The molecule has 0 amide bonds. The molecule has 14 rings (SSSR count). The zero-order chi connectivity index (χ0) is 46.2. The average Bonchev–Trinajstić information content (AvgIpc) is 4.09. The predicted molar refractivity (Wildman–Crippen MR) is 294 cm³/mol. The molecule has 1 aromatic heterocycles. The summed E-state index contributed by atoms with van der Waals surface area (Å²) in [6.45, 7) is 0. The van der Waals surface area contributed by atoms with Crippen molar-refractivity contribution in [3.63, 3.8) is 0 Å². The third kappa shape index (κ3) is 5.90. The van der Waals surface area contributed by atoms with Gasteiger partial charge in [0.15, 0.2) is 0 Å². The number of thiophene rings is 1. The molecule has 1 heterocycles. The van der Waals surface area contributed by atoms with E-state index in [9.17, 15) is 0 Å². The van der Waals surface area contributed by atoms with Gasteiger partial charge < -0.3 is 4.90 Å². The SMILES string of the molecule is c1ccc(C2(c3ccccc3)c3ccccc3-c3cc(N(c4ccc5c(c4)C(c4ccccc4)(c4ccccc4)c4ccccc4-5)c4ccc5cc(-c6cccc7ccccc67)sc5c4)ccc32)cc1. The van der Waals surface area contributed by atoms with Crippen LogP contribution in [-0.2, 0) is 10.8 Å². The Labute approximate surface area is 412 Å². The molecular formula is C68H45NS. The summed E-state index contributed by atoms with van der Waals surface area (Å²) in [7, 11) is 0. The van der Waals surface area contributed by atoms with Crippen LogP contribution in [0.25, 0.3) is 53.6 Å². The first-order chi connectivity index (χ1) is 34.7. The van der Waals surface area contributed by atoms with E-state index in [2.05, 4.69) is 278 Å². The van der Waals surface area contributed by atoms with Gasteiger partial charge in [-0.1, -0.05) is 231 Å². The first kappa shape index (κ1) is 40.5. The Hall–Kier alpha value is -8.56. The maximum Gasteiger partial charge on any atom is 0.0714 e. The van der Waals surface area contributed by atoms with Gasteiger partial charge in [0.05, 0.1) is 10.8 Å². The maximum absolute atomic E-state index is 2.51. The molecule has 12 aromatic rings. The lowest BCUT2D eigenvalue weighted by Gasteiger charge is -2.35. The number of hydrogen-bond acceptors (Lipinski definition) is 2. The van der Waals surface area contributed by atoms with Crippen molar-refractivity contribution in [2.75, 3.05) is 4.90 Å². The van der Waals surface area contributed by atoms with E-state index in [4.69, 9.17) is 0 Å². The average molecular weight is 908 g/mol. The largest absolute Gasteiger partial charge is 0.310 e. The molecule has 2 aliphatic rings. The lowest BCUT2D eigenvalue weighted by molar-refractivity contribution is 0.768. The second-order valence-corrected chi connectivity index (χ2v) is 19.8. The van der Waals surface area contributed by atoms with Crippen LogP contribution in [-0.4, -0.2) is 0 Å². The summed E-state index contributed by atoms with van der Waals surface area (Å²) < 4.78 is 1.25. The van der Waals surface area contributed by atoms with Crippen molar-refractivity contribution in [2.24, 2.45) is 0 Å². The van der Waals surface area contributed by atoms with Crippen LogP contribution in [0.5, 0.6) is 0 Å². The maximum atomic E-state index is 2.51. The quantitative estimate of drug-likeness (QED) is 0.147. The number of anilines is 3. The monoisotopic (exact) mass is 907 g/mol. The van der Waals surface area contributed by atoms with E-state index >= 15 is 0 Å². The van der Waals surface area contributed by atoms with Gasteiger partial charge in [0.2, 0.25) is 0 Å². The minimum atomic E-state index is -0.539. The summed E-state index contributed by atoms with van der Waals surface area (Å²) in [6, 6.07) is 102. The number of nitrogens with zero attached hydrogens (tertiary/aromatic N) is 1. The molecule has 70 heavy (non-hydrogen) atoms. The third-order valence-corrected chi connectivity index (χ3v) is 16.3. The Bertz CT molecular complexity index is 3860. The smallest absolute Gasteiger partial charge is 0.0714 e. The van der Waals surface area contributed by atoms with E-state index in [-0.39, 0.29) is 0 Å². The highest BCUT2D eigenvalue weighted by molar-refractivity contribution is 7.22. The van der Waals surface area contributed by atoms with Crippen molar-refractivity contribution in [2.45, 2.75) is 10.8 Å². The predicted octanol–water partition coefficient (Wildman–Crippen LogP) is 17.9. The van der Waals surface area contributed by atoms with Gasteiger partial charge in [0.25, 0.3) is 0 Å². The highest BCUT2D eigenvalue weighted by Gasteiger charge is 2.48. The summed E-state index contributed by atoms with van der Waals surface area (Å²) in [5.41, 5.74) is 18.8. The fraction of sp³-hybridized carbons (Fsp3) is 0.0294. The van der Waals surface area contributed by atoms with Crippen molar-refractivity contribution >= 4 is 49.3 Å². The van der Waals surface area contributed by atoms with E-state index in [1.165, 1.54) is 98.1 Å². The molecule has 0 radical (unpaired) electrons. The van der Waals surface area contributed by atoms with E-state index < -0.39 is 10.8 Å². The lowest BCUT2D eigenvalue weighted by Crippen LogP contribution is -2.28. The first-order valence-electron chi connectivity index (χ1n) is 24.2. The molecule has 0 N–H and O–H groups in total. The number of rotatable bonds is 8. The Kier molecular flexibility index (Phi) is 9.27. The molecular weight excluding hydrogens is 863 g/mol. The van der Waals surface area contributed by atoms with Crippen molar-refractivity contribution in [3.8, 4) is 32.7 Å². The van der Waals surface area contributed by atoms with Gasteiger partial charge in [-0.2, -0.15) is 0 Å². The van der Waals surface area contributed by atoms with Gasteiger partial charge in [-0.05, 0) is 131 Å². The van der Waals surface area contributed by atoms with Crippen LogP contribution in [0.15, 0.2) is 273 Å². The fourth-order valence-corrected chi connectivity index (χ4v) is 13.5. The van der Waals surface area contributed by atoms with Gasteiger partial charge in [-0.3, -0.25) is 0 Å². The van der Waals surface area contributed by atoms with E-state index in [1.807, 2.05) is 11.3 Å². The molecule has 0 bridgehead atoms. The lowest BCUT2D eigenvalue weighted by atomic mass is 9.67. The van der Waals surface area contributed by atoms with Gasteiger partial charge in [-0.25, -0.2) is 0 Å². The second-order valence-electron chi connectivity index (χ2n) is 18.7. The molecule has 11 aromatic carbocycles. The Morgan fingerprint density at radius 1 is 0.271 bits per heavy atom.